The lowest BCUT2D eigenvalue weighted by molar-refractivity contribution is 0.0799. The van der Waals surface area contributed by atoms with Crippen molar-refractivity contribution in [2.45, 2.75) is 6.42 Å². The molecule has 0 saturated carbocycles. The van der Waals surface area contributed by atoms with Crippen LogP contribution >= 0.6 is 0 Å². The molecule has 1 aromatic heterocycles. The third-order valence-corrected chi connectivity index (χ3v) is 4.39. The molecule has 0 unspecified atom stereocenters. The van der Waals surface area contributed by atoms with E-state index in [1.807, 2.05) is 6.07 Å². The monoisotopic (exact) mass is 361 g/mol. The van der Waals surface area contributed by atoms with E-state index >= 15 is 0 Å². The van der Waals surface area contributed by atoms with Crippen molar-refractivity contribution in [2.24, 2.45) is 0 Å². The van der Waals surface area contributed by atoms with Gasteiger partial charge in [0.1, 0.15) is 5.75 Å². The Kier molecular flexibility index (Phi) is 5.23. The normalized spacial score (nSPS) is 10.4. The molecule has 6 nitrogen and oxygen atoms in total. The molecule has 0 bridgehead atoms. The number of hydrogen-bond donors (Lipinski definition) is 0. The van der Waals surface area contributed by atoms with Crippen molar-refractivity contribution in [1.82, 2.24) is 9.47 Å². The molecule has 2 aromatic carbocycles. The van der Waals surface area contributed by atoms with Gasteiger partial charge in [-0.15, -0.1) is 0 Å². The second-order valence-electron chi connectivity index (χ2n) is 6.10. The van der Waals surface area contributed by atoms with Crippen LogP contribution in [0.25, 0.3) is 16.5 Å². The van der Waals surface area contributed by atoms with Crippen LogP contribution in [0.5, 0.6) is 5.75 Å². The summed E-state index contributed by atoms with van der Waals surface area (Å²) in [5.74, 6) is 0.379. The Balaban J connectivity index is 2.22. The maximum absolute atomic E-state index is 13.0. The predicted octanol–water partition coefficient (Wildman–Crippen LogP) is 2.98. The molecule has 0 aliphatic heterocycles. The lowest BCUT2D eigenvalue weighted by Gasteiger charge is -2.18. The van der Waals surface area contributed by atoms with Gasteiger partial charge in [0.05, 0.1) is 30.9 Å². The molecule has 3 aromatic rings. The molecule has 0 N–H and O–H groups in total. The second-order valence-corrected chi connectivity index (χ2v) is 6.10. The fourth-order valence-electron chi connectivity index (χ4n) is 2.94. The Labute approximate surface area is 156 Å². The molecule has 0 radical (unpaired) electrons. The summed E-state index contributed by atoms with van der Waals surface area (Å²) < 4.78 is 6.70. The standard InChI is InChI=1S/C21H19N3O3/c1-23(12-6-11-22)20(25)19-14-24(15-7-5-8-16(13-15)27-2)21(26)18-10-4-3-9-17(18)19/h3-5,7-10,13-14H,6,12H2,1-2H3. The molecule has 27 heavy (non-hydrogen) atoms. The number of fused-ring (bicyclic) bond motifs is 1. The molecule has 0 spiro atoms. The number of hydrogen-bond acceptors (Lipinski definition) is 4. The summed E-state index contributed by atoms with van der Waals surface area (Å²) in [6.45, 7) is 0.321. The average Bonchev–Trinajstić information content (AvgIpc) is 2.72. The minimum Gasteiger partial charge on any atom is -0.497 e. The topological polar surface area (TPSA) is 75.3 Å². The van der Waals surface area contributed by atoms with Crippen LogP contribution < -0.4 is 10.3 Å². The number of amides is 1. The van der Waals surface area contributed by atoms with Crippen molar-refractivity contribution in [3.63, 3.8) is 0 Å². The number of benzene rings is 2. The molecule has 136 valence electrons. The van der Waals surface area contributed by atoms with Gasteiger partial charge in [0.25, 0.3) is 11.5 Å². The molecule has 0 aliphatic carbocycles. The molecule has 6 heteroatoms. The third kappa shape index (κ3) is 3.53. The molecule has 0 atom stereocenters. The van der Waals surface area contributed by atoms with E-state index < -0.39 is 0 Å². The smallest absolute Gasteiger partial charge is 0.262 e. The van der Waals surface area contributed by atoms with Gasteiger partial charge >= 0.3 is 0 Å². The Morgan fingerprint density at radius 2 is 1.93 bits per heavy atom. The molecular formula is C21H19N3O3. The SMILES string of the molecule is COc1cccc(-n2cc(C(=O)N(C)CCC#N)c3ccccc3c2=O)c1. The summed E-state index contributed by atoms with van der Waals surface area (Å²) in [5.41, 5.74) is 0.808. The first kappa shape index (κ1) is 18.2. The highest BCUT2D eigenvalue weighted by Gasteiger charge is 2.18. The minimum absolute atomic E-state index is 0.213. The van der Waals surface area contributed by atoms with Gasteiger partial charge in [0.2, 0.25) is 0 Å². The number of nitriles is 1. The maximum Gasteiger partial charge on any atom is 0.262 e. The number of pyridine rings is 1. The molecule has 3 rings (SSSR count). The number of nitrogens with zero attached hydrogens (tertiary/aromatic N) is 3. The van der Waals surface area contributed by atoms with E-state index in [1.54, 1.807) is 68.9 Å². The zero-order chi connectivity index (χ0) is 19.4. The highest BCUT2D eigenvalue weighted by atomic mass is 16.5. The molecule has 0 aliphatic rings. The van der Waals surface area contributed by atoms with Crippen LogP contribution in [0.2, 0.25) is 0 Å². The van der Waals surface area contributed by atoms with Crippen LogP contribution in [-0.4, -0.2) is 36.1 Å². The van der Waals surface area contributed by atoms with Gasteiger partial charge in [-0.3, -0.25) is 14.2 Å². The molecular weight excluding hydrogens is 342 g/mol. The molecule has 1 amide bonds. The van der Waals surface area contributed by atoms with Crippen molar-refractivity contribution in [1.29, 1.82) is 5.26 Å². The summed E-state index contributed by atoms with van der Waals surface area (Å²) in [7, 11) is 3.21. The highest BCUT2D eigenvalue weighted by Crippen LogP contribution is 2.21. The quantitative estimate of drug-likeness (QED) is 0.700. The Hall–Kier alpha value is -3.59. The van der Waals surface area contributed by atoms with Crippen LogP contribution in [0, 0.1) is 11.3 Å². The van der Waals surface area contributed by atoms with Gasteiger partial charge in [-0.05, 0) is 18.2 Å². The van der Waals surface area contributed by atoms with E-state index in [9.17, 15) is 9.59 Å². The number of carbonyl (C=O) groups is 1. The van der Waals surface area contributed by atoms with Gasteiger partial charge < -0.3 is 9.64 Å². The third-order valence-electron chi connectivity index (χ3n) is 4.39. The van der Waals surface area contributed by atoms with Gasteiger partial charge in [0, 0.05) is 36.6 Å². The number of ether oxygens (including phenoxy) is 1. The first-order chi connectivity index (χ1) is 13.1. The average molecular weight is 361 g/mol. The highest BCUT2D eigenvalue weighted by molar-refractivity contribution is 6.06. The summed E-state index contributed by atoms with van der Waals surface area (Å²) in [5, 5.41) is 9.82. The minimum atomic E-state index is -0.238. The van der Waals surface area contributed by atoms with Gasteiger partial charge in [-0.25, -0.2) is 0 Å². The zero-order valence-corrected chi connectivity index (χ0v) is 15.2. The summed E-state index contributed by atoms with van der Waals surface area (Å²) in [4.78, 5) is 27.4. The van der Waals surface area contributed by atoms with Crippen molar-refractivity contribution >= 4 is 16.7 Å². The van der Waals surface area contributed by atoms with Crippen LogP contribution in [0.1, 0.15) is 16.8 Å². The first-order valence-electron chi connectivity index (χ1n) is 8.48. The van der Waals surface area contributed by atoms with Crippen LogP contribution in [0.4, 0.5) is 0 Å². The fourth-order valence-corrected chi connectivity index (χ4v) is 2.94. The van der Waals surface area contributed by atoms with Gasteiger partial charge in [0.15, 0.2) is 0 Å². The predicted molar refractivity (Wildman–Crippen MR) is 103 cm³/mol. The van der Waals surface area contributed by atoms with Crippen LogP contribution in [-0.2, 0) is 0 Å². The maximum atomic E-state index is 13.0. The summed E-state index contributed by atoms with van der Waals surface area (Å²) in [6, 6.07) is 16.2. The fraction of sp³-hybridized carbons (Fsp3) is 0.190. The Morgan fingerprint density at radius 1 is 1.19 bits per heavy atom. The number of carbonyl (C=O) groups excluding carboxylic acids is 1. The molecule has 0 fully saturated rings. The zero-order valence-electron chi connectivity index (χ0n) is 15.2. The van der Waals surface area contributed by atoms with Crippen molar-refractivity contribution in [3.8, 4) is 17.5 Å². The number of methoxy groups -OCH3 is 1. The second kappa shape index (κ2) is 7.75. The van der Waals surface area contributed by atoms with Gasteiger partial charge in [-0.2, -0.15) is 5.26 Å². The lowest BCUT2D eigenvalue weighted by Crippen LogP contribution is -2.30. The summed E-state index contributed by atoms with van der Waals surface area (Å²) in [6.07, 6.45) is 1.81. The van der Waals surface area contributed by atoms with Crippen molar-refractivity contribution < 1.29 is 9.53 Å². The molecule has 0 saturated heterocycles. The largest absolute Gasteiger partial charge is 0.497 e. The van der Waals surface area contributed by atoms with E-state index in [-0.39, 0.29) is 17.9 Å². The van der Waals surface area contributed by atoms with Gasteiger partial charge in [-0.1, -0.05) is 24.3 Å². The van der Waals surface area contributed by atoms with E-state index in [0.717, 1.165) is 0 Å². The van der Waals surface area contributed by atoms with E-state index in [4.69, 9.17) is 10.00 Å². The summed E-state index contributed by atoms with van der Waals surface area (Å²) >= 11 is 0. The number of rotatable bonds is 5. The Morgan fingerprint density at radius 3 is 2.63 bits per heavy atom. The van der Waals surface area contributed by atoms with Crippen LogP contribution in [0.3, 0.4) is 0 Å². The molecule has 1 heterocycles. The number of aromatic nitrogens is 1. The van der Waals surface area contributed by atoms with Crippen molar-refractivity contribution in [3.05, 3.63) is 70.6 Å². The van der Waals surface area contributed by atoms with Crippen molar-refractivity contribution in [2.75, 3.05) is 20.7 Å². The van der Waals surface area contributed by atoms with E-state index in [1.165, 1.54) is 9.47 Å². The van der Waals surface area contributed by atoms with Crippen LogP contribution in [0.15, 0.2) is 59.5 Å². The Bertz CT molecular complexity index is 1100. The van der Waals surface area contributed by atoms with E-state index in [0.29, 0.717) is 34.3 Å². The lowest BCUT2D eigenvalue weighted by atomic mass is 10.1. The van der Waals surface area contributed by atoms with E-state index in [2.05, 4.69) is 0 Å². The first-order valence-corrected chi connectivity index (χ1v) is 8.48.